The predicted molar refractivity (Wildman–Crippen MR) is 61.6 cm³/mol. The quantitative estimate of drug-likeness (QED) is 0.673. The van der Waals surface area contributed by atoms with Crippen molar-refractivity contribution in [2.24, 2.45) is 0 Å². The highest BCUT2D eigenvalue weighted by molar-refractivity contribution is 5.66. The molecule has 1 fully saturated rings. The summed E-state index contributed by atoms with van der Waals surface area (Å²) in [5.74, 6) is -0.718. The Hall–Kier alpha value is -0.650. The molecule has 0 atom stereocenters. The van der Waals surface area contributed by atoms with E-state index in [4.69, 9.17) is 9.84 Å². The molecular weight excluding hydrogens is 208 g/mol. The highest BCUT2D eigenvalue weighted by atomic mass is 16.5. The molecule has 0 bridgehead atoms. The summed E-state index contributed by atoms with van der Waals surface area (Å²) >= 11 is 0. The largest absolute Gasteiger partial charge is 0.481 e. The molecule has 1 N–H and O–H groups in total. The fourth-order valence-corrected chi connectivity index (χ4v) is 1.79. The lowest BCUT2D eigenvalue weighted by atomic mass is 10.3. The molecule has 1 rings (SSSR count). The number of morpholine rings is 1. The van der Waals surface area contributed by atoms with Crippen LogP contribution in [0.2, 0.25) is 0 Å². The molecule has 0 radical (unpaired) electrons. The maximum atomic E-state index is 10.5. The molecule has 1 heterocycles. The van der Waals surface area contributed by atoms with Gasteiger partial charge in [0.25, 0.3) is 0 Å². The molecule has 0 amide bonds. The van der Waals surface area contributed by atoms with Crippen LogP contribution in [-0.4, -0.2) is 73.4 Å². The molecule has 0 aromatic carbocycles. The third-order valence-corrected chi connectivity index (χ3v) is 2.93. The van der Waals surface area contributed by atoms with E-state index >= 15 is 0 Å². The molecule has 5 nitrogen and oxygen atoms in total. The van der Waals surface area contributed by atoms with Gasteiger partial charge in [-0.25, -0.2) is 0 Å². The zero-order valence-corrected chi connectivity index (χ0v) is 10.0. The first-order chi connectivity index (χ1) is 7.72. The Bertz CT molecular complexity index is 205. The number of likely N-dealkylation sites (N-methyl/N-ethyl adjacent to an activating group) is 1. The molecule has 1 aliphatic rings. The van der Waals surface area contributed by atoms with Crippen molar-refractivity contribution in [1.82, 2.24) is 9.80 Å². The minimum Gasteiger partial charge on any atom is -0.481 e. The van der Waals surface area contributed by atoms with Crippen molar-refractivity contribution in [1.29, 1.82) is 0 Å². The van der Waals surface area contributed by atoms with Gasteiger partial charge in [0.05, 0.1) is 19.6 Å². The molecule has 5 heteroatoms. The van der Waals surface area contributed by atoms with E-state index in [-0.39, 0.29) is 6.42 Å². The van der Waals surface area contributed by atoms with Crippen molar-refractivity contribution in [3.63, 3.8) is 0 Å². The lowest BCUT2D eigenvalue weighted by molar-refractivity contribution is -0.137. The first kappa shape index (κ1) is 13.4. The second-order valence-electron chi connectivity index (χ2n) is 4.03. The summed E-state index contributed by atoms with van der Waals surface area (Å²) in [4.78, 5) is 15.0. The van der Waals surface area contributed by atoms with Crippen molar-refractivity contribution in [2.75, 3.05) is 52.5 Å². The van der Waals surface area contributed by atoms with Gasteiger partial charge in [0.15, 0.2) is 0 Å². The number of carboxylic acids is 1. The highest BCUT2D eigenvalue weighted by Gasteiger charge is 2.12. The summed E-state index contributed by atoms with van der Waals surface area (Å²) in [6, 6.07) is 0. The van der Waals surface area contributed by atoms with E-state index in [9.17, 15) is 4.79 Å². The van der Waals surface area contributed by atoms with Gasteiger partial charge in [0, 0.05) is 32.7 Å². The van der Waals surface area contributed by atoms with Crippen LogP contribution in [0.25, 0.3) is 0 Å². The van der Waals surface area contributed by atoms with Crippen LogP contribution >= 0.6 is 0 Å². The Morgan fingerprint density at radius 3 is 2.62 bits per heavy atom. The molecule has 1 saturated heterocycles. The number of rotatable bonds is 7. The first-order valence-electron chi connectivity index (χ1n) is 5.96. The van der Waals surface area contributed by atoms with Crippen LogP contribution < -0.4 is 0 Å². The molecule has 0 spiro atoms. The van der Waals surface area contributed by atoms with Crippen LogP contribution in [0.5, 0.6) is 0 Å². The fraction of sp³-hybridized carbons (Fsp3) is 0.909. The predicted octanol–water partition coefficient (Wildman–Crippen LogP) is 0.115. The number of carboxylic acid groups (broad SMARTS) is 1. The van der Waals surface area contributed by atoms with E-state index in [1.165, 1.54) is 0 Å². The molecule has 0 unspecified atom stereocenters. The van der Waals surface area contributed by atoms with Gasteiger partial charge in [-0.1, -0.05) is 6.92 Å². The van der Waals surface area contributed by atoms with E-state index in [0.29, 0.717) is 6.54 Å². The molecular formula is C11H22N2O3. The van der Waals surface area contributed by atoms with Crippen molar-refractivity contribution < 1.29 is 14.6 Å². The number of hydrogen-bond donors (Lipinski definition) is 1. The molecule has 1 aliphatic heterocycles. The summed E-state index contributed by atoms with van der Waals surface area (Å²) in [7, 11) is 0. The van der Waals surface area contributed by atoms with Crippen molar-refractivity contribution in [3.05, 3.63) is 0 Å². The molecule has 0 aliphatic carbocycles. The van der Waals surface area contributed by atoms with Gasteiger partial charge in [-0.2, -0.15) is 0 Å². The van der Waals surface area contributed by atoms with Gasteiger partial charge < -0.3 is 14.7 Å². The van der Waals surface area contributed by atoms with Crippen LogP contribution in [0.4, 0.5) is 0 Å². The first-order valence-corrected chi connectivity index (χ1v) is 5.96. The van der Waals surface area contributed by atoms with Crippen LogP contribution in [0.15, 0.2) is 0 Å². The summed E-state index contributed by atoms with van der Waals surface area (Å²) in [5, 5.41) is 8.62. The van der Waals surface area contributed by atoms with Crippen molar-refractivity contribution >= 4 is 5.97 Å². The van der Waals surface area contributed by atoms with Crippen LogP contribution in [0.1, 0.15) is 13.3 Å². The number of hydrogen-bond acceptors (Lipinski definition) is 4. The summed E-state index contributed by atoms with van der Waals surface area (Å²) < 4.78 is 5.28. The Morgan fingerprint density at radius 1 is 1.38 bits per heavy atom. The zero-order chi connectivity index (χ0) is 11.8. The summed E-state index contributed by atoms with van der Waals surface area (Å²) in [6.07, 6.45) is 0.233. The van der Waals surface area contributed by atoms with Crippen molar-refractivity contribution in [2.45, 2.75) is 13.3 Å². The van der Waals surface area contributed by atoms with Gasteiger partial charge in [-0.15, -0.1) is 0 Å². The lowest BCUT2D eigenvalue weighted by Gasteiger charge is -2.29. The van der Waals surface area contributed by atoms with Gasteiger partial charge in [-0.3, -0.25) is 9.69 Å². The normalized spacial score (nSPS) is 17.9. The highest BCUT2D eigenvalue weighted by Crippen LogP contribution is 1.98. The topological polar surface area (TPSA) is 53.0 Å². The van der Waals surface area contributed by atoms with Gasteiger partial charge >= 0.3 is 5.97 Å². The number of aliphatic carboxylic acids is 1. The Kier molecular flexibility index (Phi) is 6.37. The fourth-order valence-electron chi connectivity index (χ4n) is 1.79. The van der Waals surface area contributed by atoms with Crippen LogP contribution in [0, 0.1) is 0 Å². The second kappa shape index (κ2) is 7.60. The third-order valence-electron chi connectivity index (χ3n) is 2.93. The lowest BCUT2D eigenvalue weighted by Crippen LogP contribution is -2.41. The third kappa shape index (κ3) is 5.44. The molecule has 0 aromatic heterocycles. The number of carbonyl (C=O) groups is 1. The minimum absolute atomic E-state index is 0.233. The van der Waals surface area contributed by atoms with E-state index in [0.717, 1.165) is 45.9 Å². The average molecular weight is 230 g/mol. The van der Waals surface area contributed by atoms with Crippen LogP contribution in [-0.2, 0) is 9.53 Å². The zero-order valence-electron chi connectivity index (χ0n) is 10.0. The van der Waals surface area contributed by atoms with Gasteiger partial charge in [0.2, 0.25) is 0 Å². The van der Waals surface area contributed by atoms with Crippen LogP contribution in [0.3, 0.4) is 0 Å². The number of nitrogens with zero attached hydrogens (tertiary/aromatic N) is 2. The maximum absolute atomic E-state index is 10.5. The Balaban J connectivity index is 2.14. The maximum Gasteiger partial charge on any atom is 0.304 e. The Morgan fingerprint density at radius 2 is 2.06 bits per heavy atom. The van der Waals surface area contributed by atoms with Gasteiger partial charge in [-0.05, 0) is 6.54 Å². The molecule has 16 heavy (non-hydrogen) atoms. The smallest absolute Gasteiger partial charge is 0.304 e. The number of ether oxygens (including phenoxy) is 1. The average Bonchev–Trinajstić information content (AvgIpc) is 2.30. The van der Waals surface area contributed by atoms with E-state index in [1.807, 2.05) is 0 Å². The van der Waals surface area contributed by atoms with E-state index in [2.05, 4.69) is 16.7 Å². The van der Waals surface area contributed by atoms with E-state index in [1.54, 1.807) is 0 Å². The molecule has 0 aromatic rings. The van der Waals surface area contributed by atoms with Gasteiger partial charge in [0.1, 0.15) is 0 Å². The Labute approximate surface area is 97.0 Å². The monoisotopic (exact) mass is 230 g/mol. The summed E-state index contributed by atoms with van der Waals surface area (Å²) in [5.41, 5.74) is 0. The molecule has 94 valence electrons. The molecule has 0 saturated carbocycles. The standard InChI is InChI=1S/C11H22N2O3/c1-2-12(4-3-11(14)15)5-6-13-7-9-16-10-8-13/h2-10H2,1H3,(H,14,15). The van der Waals surface area contributed by atoms with Crippen molar-refractivity contribution in [3.8, 4) is 0 Å². The minimum atomic E-state index is -0.718. The van der Waals surface area contributed by atoms with E-state index < -0.39 is 5.97 Å². The SMILES string of the molecule is CCN(CCC(=O)O)CCN1CCOCC1. The second-order valence-corrected chi connectivity index (χ2v) is 4.03. The summed E-state index contributed by atoms with van der Waals surface area (Å²) in [6.45, 7) is 9.23.